The van der Waals surface area contributed by atoms with Crippen LogP contribution in [0, 0.1) is 0 Å². The van der Waals surface area contributed by atoms with Crippen LogP contribution in [0.5, 0.6) is 0 Å². The highest BCUT2D eigenvalue weighted by atomic mass is 79.9. The summed E-state index contributed by atoms with van der Waals surface area (Å²) in [6, 6.07) is 0. The summed E-state index contributed by atoms with van der Waals surface area (Å²) in [5.41, 5.74) is 0. The number of hydrogen-bond acceptors (Lipinski definition) is 2. The molecule has 0 amide bonds. The molecule has 0 aromatic heterocycles. The molecule has 0 aromatic carbocycles. The van der Waals surface area contributed by atoms with E-state index >= 15 is 0 Å². The molecule has 58 valence electrons. The molecule has 0 unspecified atom stereocenters. The van der Waals surface area contributed by atoms with Crippen LogP contribution in [0.2, 0.25) is 0 Å². The fraction of sp³-hybridized carbons (Fsp3) is 0.571. The Labute approximate surface area is 69.4 Å². The summed E-state index contributed by atoms with van der Waals surface area (Å²) in [7, 11) is 0. The molecule has 0 radical (unpaired) electrons. The Morgan fingerprint density at radius 3 is 2.70 bits per heavy atom. The fourth-order valence-corrected chi connectivity index (χ4v) is 0.760. The van der Waals surface area contributed by atoms with Gasteiger partial charge in [-0.05, 0) is 17.3 Å². The average molecular weight is 207 g/mol. The van der Waals surface area contributed by atoms with Gasteiger partial charge in [-0.1, -0.05) is 22.5 Å². The second kappa shape index (κ2) is 5.47. The molecule has 0 aliphatic carbocycles. The molecule has 2 nitrogen and oxygen atoms in total. The van der Waals surface area contributed by atoms with Crippen LogP contribution in [0.15, 0.2) is 11.1 Å². The Hall–Kier alpha value is -0.310. The first-order valence-corrected chi connectivity index (χ1v) is 3.89. The molecule has 0 saturated carbocycles. The van der Waals surface area contributed by atoms with Crippen molar-refractivity contribution in [1.82, 2.24) is 0 Å². The molecule has 0 bridgehead atoms. The Kier molecular flexibility index (Phi) is 5.30. The topological polar surface area (TPSA) is 26.3 Å². The van der Waals surface area contributed by atoms with Gasteiger partial charge in [-0.2, -0.15) is 0 Å². The van der Waals surface area contributed by atoms with Gasteiger partial charge < -0.3 is 4.74 Å². The Morgan fingerprint density at radius 1 is 1.70 bits per heavy atom. The number of carbonyl (C=O) groups excluding carboxylic acids is 1. The van der Waals surface area contributed by atoms with Crippen molar-refractivity contribution >= 4 is 21.9 Å². The Bertz CT molecular complexity index is 116. The lowest BCUT2D eigenvalue weighted by Crippen LogP contribution is -1.99. The van der Waals surface area contributed by atoms with E-state index < -0.39 is 0 Å². The average Bonchev–Trinajstić information content (AvgIpc) is 1.79. The zero-order valence-electron chi connectivity index (χ0n) is 6.02. The second-order valence-electron chi connectivity index (χ2n) is 1.96. The van der Waals surface area contributed by atoms with Crippen molar-refractivity contribution in [2.75, 3.05) is 6.61 Å². The van der Waals surface area contributed by atoms with Crippen molar-refractivity contribution in [1.29, 1.82) is 0 Å². The molecular formula is C7H11BrO2. The number of ether oxygens (including phenoxy) is 1. The van der Waals surface area contributed by atoms with Crippen molar-refractivity contribution in [2.45, 2.75) is 19.8 Å². The van der Waals surface area contributed by atoms with Crippen molar-refractivity contribution in [3.05, 3.63) is 11.1 Å². The minimum absolute atomic E-state index is 0.222. The highest BCUT2D eigenvalue weighted by Gasteiger charge is 1.92. The van der Waals surface area contributed by atoms with Crippen molar-refractivity contribution in [3.63, 3.8) is 0 Å². The lowest BCUT2D eigenvalue weighted by molar-refractivity contribution is -0.141. The zero-order valence-corrected chi connectivity index (χ0v) is 7.61. The largest absolute Gasteiger partial charge is 0.466 e. The fourth-order valence-electron chi connectivity index (χ4n) is 0.480. The molecule has 0 fully saturated rings. The summed E-state index contributed by atoms with van der Waals surface area (Å²) in [5, 5.41) is 0. The van der Waals surface area contributed by atoms with E-state index in [1.54, 1.807) is 0 Å². The van der Waals surface area contributed by atoms with E-state index in [1.807, 2.05) is 0 Å². The van der Waals surface area contributed by atoms with Crippen LogP contribution in [-0.2, 0) is 9.53 Å². The molecule has 0 aliphatic rings. The van der Waals surface area contributed by atoms with Gasteiger partial charge in [0.15, 0.2) is 0 Å². The molecule has 10 heavy (non-hydrogen) atoms. The number of carbonyl (C=O) groups is 1. The van der Waals surface area contributed by atoms with Gasteiger partial charge in [0.25, 0.3) is 0 Å². The lowest BCUT2D eigenvalue weighted by Gasteiger charge is -1.99. The van der Waals surface area contributed by atoms with E-state index in [4.69, 9.17) is 4.74 Å². The van der Waals surface area contributed by atoms with E-state index in [9.17, 15) is 4.79 Å². The summed E-state index contributed by atoms with van der Waals surface area (Å²) in [4.78, 5) is 10.2. The summed E-state index contributed by atoms with van der Waals surface area (Å²) in [6.45, 7) is 5.54. The maximum Gasteiger partial charge on any atom is 0.302 e. The summed E-state index contributed by atoms with van der Waals surface area (Å²) in [5.74, 6) is -0.222. The van der Waals surface area contributed by atoms with E-state index in [-0.39, 0.29) is 5.97 Å². The molecule has 0 heterocycles. The number of rotatable bonds is 4. The molecule has 0 rings (SSSR count). The Balaban J connectivity index is 3.06. The molecule has 0 atom stereocenters. The van der Waals surface area contributed by atoms with Crippen LogP contribution in [0.4, 0.5) is 0 Å². The first kappa shape index (κ1) is 9.69. The Morgan fingerprint density at radius 2 is 2.30 bits per heavy atom. The van der Waals surface area contributed by atoms with E-state index in [1.165, 1.54) is 6.92 Å². The lowest BCUT2D eigenvalue weighted by atomic mass is 10.3. The molecule has 3 heteroatoms. The standard InChI is InChI=1S/C7H11BrO2/c1-6(8)4-3-5-10-7(2)9/h1,3-5H2,2H3. The number of esters is 1. The molecule has 0 aromatic rings. The molecular weight excluding hydrogens is 196 g/mol. The third-order valence-electron chi connectivity index (χ3n) is 0.898. The van der Waals surface area contributed by atoms with E-state index in [0.29, 0.717) is 6.61 Å². The van der Waals surface area contributed by atoms with Crippen LogP contribution >= 0.6 is 15.9 Å². The minimum Gasteiger partial charge on any atom is -0.466 e. The van der Waals surface area contributed by atoms with Crippen LogP contribution < -0.4 is 0 Å². The predicted octanol–water partition coefficient (Wildman–Crippen LogP) is 2.24. The van der Waals surface area contributed by atoms with E-state index in [2.05, 4.69) is 22.5 Å². The number of hydrogen-bond donors (Lipinski definition) is 0. The van der Waals surface area contributed by atoms with Crippen molar-refractivity contribution < 1.29 is 9.53 Å². The number of allylic oxidation sites excluding steroid dienone is 1. The van der Waals surface area contributed by atoms with Gasteiger partial charge in [0, 0.05) is 6.92 Å². The zero-order chi connectivity index (χ0) is 7.98. The normalized spacial score (nSPS) is 9.00. The smallest absolute Gasteiger partial charge is 0.302 e. The third kappa shape index (κ3) is 7.69. The predicted molar refractivity (Wildman–Crippen MR) is 43.9 cm³/mol. The van der Waals surface area contributed by atoms with Gasteiger partial charge in [0.05, 0.1) is 6.61 Å². The van der Waals surface area contributed by atoms with Crippen LogP contribution in [0.1, 0.15) is 19.8 Å². The van der Waals surface area contributed by atoms with Gasteiger partial charge in [0.2, 0.25) is 0 Å². The first-order valence-electron chi connectivity index (χ1n) is 3.09. The molecule has 0 N–H and O–H groups in total. The number of halogens is 1. The first-order chi connectivity index (χ1) is 4.63. The SMILES string of the molecule is C=C(Br)CCCOC(C)=O. The van der Waals surface area contributed by atoms with Crippen molar-refractivity contribution in [3.8, 4) is 0 Å². The second-order valence-corrected chi connectivity index (χ2v) is 3.08. The maximum absolute atomic E-state index is 10.2. The summed E-state index contributed by atoms with van der Waals surface area (Å²) in [6.07, 6.45) is 1.69. The van der Waals surface area contributed by atoms with Gasteiger partial charge in [-0.25, -0.2) is 0 Å². The summed E-state index contributed by atoms with van der Waals surface area (Å²) < 4.78 is 5.64. The van der Waals surface area contributed by atoms with Gasteiger partial charge in [0.1, 0.15) is 0 Å². The molecule has 0 saturated heterocycles. The monoisotopic (exact) mass is 206 g/mol. The van der Waals surface area contributed by atoms with Gasteiger partial charge in [-0.15, -0.1) is 0 Å². The van der Waals surface area contributed by atoms with Gasteiger partial charge in [-0.3, -0.25) is 4.79 Å². The maximum atomic E-state index is 10.2. The van der Waals surface area contributed by atoms with Gasteiger partial charge >= 0.3 is 5.97 Å². The highest BCUT2D eigenvalue weighted by Crippen LogP contribution is 2.08. The molecule has 0 spiro atoms. The third-order valence-corrected chi connectivity index (χ3v) is 1.29. The summed E-state index contributed by atoms with van der Waals surface area (Å²) >= 11 is 3.21. The van der Waals surface area contributed by atoms with Crippen LogP contribution in [0.3, 0.4) is 0 Å². The molecule has 0 aliphatic heterocycles. The highest BCUT2D eigenvalue weighted by molar-refractivity contribution is 9.11. The van der Waals surface area contributed by atoms with Crippen molar-refractivity contribution in [2.24, 2.45) is 0 Å². The van der Waals surface area contributed by atoms with Crippen LogP contribution in [-0.4, -0.2) is 12.6 Å². The van der Waals surface area contributed by atoms with Crippen LogP contribution in [0.25, 0.3) is 0 Å². The quantitative estimate of drug-likeness (QED) is 0.522. The minimum atomic E-state index is -0.222. The van der Waals surface area contributed by atoms with E-state index in [0.717, 1.165) is 17.3 Å².